The van der Waals surface area contributed by atoms with E-state index in [4.69, 9.17) is 9.47 Å². The van der Waals surface area contributed by atoms with E-state index >= 15 is 0 Å². The van der Waals surface area contributed by atoms with Crippen LogP contribution in [0.2, 0.25) is 0 Å². The van der Waals surface area contributed by atoms with Gasteiger partial charge in [-0.2, -0.15) is 0 Å². The molecule has 0 bridgehead atoms. The maximum absolute atomic E-state index is 12.0. The maximum Gasteiger partial charge on any atom is 0.338 e. The molecule has 2 aromatic carbocycles. The molecule has 0 heterocycles. The molecule has 134 valence electrons. The average molecular weight is 363 g/mol. The Morgan fingerprint density at radius 1 is 1.04 bits per heavy atom. The van der Waals surface area contributed by atoms with E-state index in [0.29, 0.717) is 17.9 Å². The molecule has 1 N–H and O–H groups in total. The van der Waals surface area contributed by atoms with Crippen LogP contribution in [-0.4, -0.2) is 33.4 Å². The second-order valence-electron chi connectivity index (χ2n) is 5.30. The summed E-state index contributed by atoms with van der Waals surface area (Å²) < 4.78 is 36.6. The smallest absolute Gasteiger partial charge is 0.338 e. The molecule has 0 unspecified atom stereocenters. The number of hydrogen-bond donors (Lipinski definition) is 1. The molecule has 7 heteroatoms. The van der Waals surface area contributed by atoms with E-state index in [-0.39, 0.29) is 24.5 Å². The summed E-state index contributed by atoms with van der Waals surface area (Å²) in [4.78, 5) is 12.0. The predicted molar refractivity (Wildman–Crippen MR) is 96.4 cm³/mol. The second-order valence-corrected chi connectivity index (χ2v) is 7.14. The number of ether oxygens (including phenoxy) is 2. The van der Waals surface area contributed by atoms with Crippen LogP contribution >= 0.6 is 0 Å². The average Bonchev–Trinajstić information content (AvgIpc) is 2.59. The van der Waals surface area contributed by atoms with Crippen molar-refractivity contribution in [1.82, 2.24) is 0 Å². The highest BCUT2D eigenvalue weighted by Gasteiger charge is 2.12. The molecule has 0 atom stereocenters. The molecule has 0 aromatic heterocycles. The lowest BCUT2D eigenvalue weighted by Gasteiger charge is -2.09. The molecule has 0 spiro atoms. The first-order valence-corrected chi connectivity index (χ1v) is 9.61. The Morgan fingerprint density at radius 2 is 1.80 bits per heavy atom. The number of esters is 1. The third-order valence-electron chi connectivity index (χ3n) is 3.17. The highest BCUT2D eigenvalue weighted by molar-refractivity contribution is 7.92. The molecule has 0 saturated carbocycles. The van der Waals surface area contributed by atoms with E-state index in [1.54, 1.807) is 25.1 Å². The Labute approximate surface area is 147 Å². The van der Waals surface area contributed by atoms with Gasteiger partial charge in [0.1, 0.15) is 19.0 Å². The van der Waals surface area contributed by atoms with Gasteiger partial charge >= 0.3 is 5.97 Å². The SMILES string of the molecule is CCCS(=O)(=O)Nc1cccc(C(=O)OCCOc2ccccc2)c1. The minimum atomic E-state index is -3.40. The monoisotopic (exact) mass is 363 g/mol. The fraction of sp³-hybridized carbons (Fsp3) is 0.278. The van der Waals surface area contributed by atoms with Crippen LogP contribution in [0.5, 0.6) is 5.75 Å². The van der Waals surface area contributed by atoms with Crippen LogP contribution in [0, 0.1) is 0 Å². The first-order chi connectivity index (χ1) is 12.0. The lowest BCUT2D eigenvalue weighted by Crippen LogP contribution is -2.17. The van der Waals surface area contributed by atoms with Gasteiger partial charge in [0.25, 0.3) is 0 Å². The van der Waals surface area contributed by atoms with Crippen molar-refractivity contribution in [3.8, 4) is 5.75 Å². The first-order valence-electron chi connectivity index (χ1n) is 7.96. The molecule has 25 heavy (non-hydrogen) atoms. The maximum atomic E-state index is 12.0. The van der Waals surface area contributed by atoms with Gasteiger partial charge in [-0.1, -0.05) is 31.2 Å². The van der Waals surface area contributed by atoms with Crippen molar-refractivity contribution in [2.45, 2.75) is 13.3 Å². The molecule has 0 aliphatic carbocycles. The molecular weight excluding hydrogens is 342 g/mol. The summed E-state index contributed by atoms with van der Waals surface area (Å²) in [6.07, 6.45) is 0.512. The van der Waals surface area contributed by atoms with Crippen molar-refractivity contribution in [1.29, 1.82) is 0 Å². The van der Waals surface area contributed by atoms with Crippen LogP contribution in [-0.2, 0) is 14.8 Å². The van der Waals surface area contributed by atoms with Crippen molar-refractivity contribution in [3.05, 3.63) is 60.2 Å². The Hall–Kier alpha value is -2.54. The topological polar surface area (TPSA) is 81.7 Å². The van der Waals surface area contributed by atoms with Crippen molar-refractivity contribution >= 4 is 21.7 Å². The summed E-state index contributed by atoms with van der Waals surface area (Å²) in [5.74, 6) is 0.192. The van der Waals surface area contributed by atoms with Crippen LogP contribution < -0.4 is 9.46 Å². The Balaban J connectivity index is 1.86. The van der Waals surface area contributed by atoms with Gasteiger partial charge in [0.15, 0.2) is 0 Å². The number of rotatable bonds is 9. The molecule has 2 aromatic rings. The van der Waals surface area contributed by atoms with E-state index < -0.39 is 16.0 Å². The van der Waals surface area contributed by atoms with E-state index in [2.05, 4.69) is 4.72 Å². The first kappa shape index (κ1) is 18.8. The van der Waals surface area contributed by atoms with Crippen LogP contribution in [0.1, 0.15) is 23.7 Å². The number of para-hydroxylation sites is 1. The molecular formula is C18H21NO5S. The third kappa shape index (κ3) is 6.46. The number of carbonyl (C=O) groups is 1. The lowest BCUT2D eigenvalue weighted by atomic mass is 10.2. The van der Waals surface area contributed by atoms with Crippen LogP contribution in [0.15, 0.2) is 54.6 Å². The minimum Gasteiger partial charge on any atom is -0.490 e. The summed E-state index contributed by atoms with van der Waals surface area (Å²) >= 11 is 0. The van der Waals surface area contributed by atoms with Crippen molar-refractivity contribution in [2.24, 2.45) is 0 Å². The summed E-state index contributed by atoms with van der Waals surface area (Å²) in [5.41, 5.74) is 0.611. The van der Waals surface area contributed by atoms with E-state index in [1.165, 1.54) is 6.07 Å². The number of benzene rings is 2. The van der Waals surface area contributed by atoms with Crippen molar-refractivity contribution < 1.29 is 22.7 Å². The van der Waals surface area contributed by atoms with E-state index in [0.717, 1.165) is 0 Å². The second kappa shape index (κ2) is 9.08. The Morgan fingerprint density at radius 3 is 2.52 bits per heavy atom. The Bertz CT molecular complexity index is 790. The highest BCUT2D eigenvalue weighted by Crippen LogP contribution is 2.14. The number of nitrogens with one attached hydrogen (secondary N) is 1. The number of carbonyl (C=O) groups excluding carboxylic acids is 1. The van der Waals surface area contributed by atoms with Gasteiger partial charge in [0.2, 0.25) is 10.0 Å². The van der Waals surface area contributed by atoms with Crippen molar-refractivity contribution in [3.63, 3.8) is 0 Å². The number of hydrogen-bond acceptors (Lipinski definition) is 5. The third-order valence-corrected chi connectivity index (χ3v) is 4.67. The van der Waals surface area contributed by atoms with Gasteiger partial charge < -0.3 is 9.47 Å². The zero-order valence-corrected chi connectivity index (χ0v) is 14.8. The molecule has 0 saturated heterocycles. The molecule has 0 amide bonds. The largest absolute Gasteiger partial charge is 0.490 e. The standard InChI is InChI=1S/C18H21NO5S/c1-2-13-25(21,22)19-16-8-6-7-15(14-16)18(20)24-12-11-23-17-9-4-3-5-10-17/h3-10,14,19H,2,11-13H2,1H3. The molecule has 0 radical (unpaired) electrons. The van der Waals surface area contributed by atoms with Gasteiger partial charge in [0.05, 0.1) is 11.3 Å². The summed E-state index contributed by atoms with van der Waals surface area (Å²) in [6.45, 7) is 2.11. The zero-order valence-electron chi connectivity index (χ0n) is 14.0. The number of anilines is 1. The van der Waals surface area contributed by atoms with Gasteiger partial charge in [0, 0.05) is 5.69 Å². The molecule has 6 nitrogen and oxygen atoms in total. The minimum absolute atomic E-state index is 0.0263. The fourth-order valence-corrected chi connectivity index (χ4v) is 3.23. The van der Waals surface area contributed by atoms with Crippen LogP contribution in [0.3, 0.4) is 0 Å². The van der Waals surface area contributed by atoms with Crippen molar-refractivity contribution in [2.75, 3.05) is 23.7 Å². The van der Waals surface area contributed by atoms with E-state index in [9.17, 15) is 13.2 Å². The van der Waals surface area contributed by atoms with Crippen LogP contribution in [0.4, 0.5) is 5.69 Å². The number of sulfonamides is 1. The zero-order chi connectivity index (χ0) is 18.1. The van der Waals surface area contributed by atoms with Gasteiger partial charge in [-0.15, -0.1) is 0 Å². The molecule has 0 fully saturated rings. The van der Waals surface area contributed by atoms with Crippen LogP contribution in [0.25, 0.3) is 0 Å². The summed E-state index contributed by atoms with van der Waals surface area (Å²) in [5, 5.41) is 0. The predicted octanol–water partition coefficient (Wildman–Crippen LogP) is 3.07. The van der Waals surface area contributed by atoms with Gasteiger partial charge in [-0.25, -0.2) is 13.2 Å². The summed E-state index contributed by atoms with van der Waals surface area (Å²) in [6, 6.07) is 15.4. The fourth-order valence-electron chi connectivity index (χ4n) is 2.10. The summed E-state index contributed by atoms with van der Waals surface area (Å²) in [7, 11) is -3.40. The molecule has 0 aliphatic rings. The molecule has 0 aliphatic heterocycles. The van der Waals surface area contributed by atoms with E-state index in [1.807, 2.05) is 30.3 Å². The highest BCUT2D eigenvalue weighted by atomic mass is 32.2. The Kier molecular flexibility index (Phi) is 6.82. The van der Waals surface area contributed by atoms with Gasteiger partial charge in [-0.3, -0.25) is 4.72 Å². The molecule has 2 rings (SSSR count). The normalized spacial score (nSPS) is 10.9. The quantitative estimate of drug-likeness (QED) is 0.547. The lowest BCUT2D eigenvalue weighted by molar-refractivity contribution is 0.0450. The van der Waals surface area contributed by atoms with Gasteiger partial charge in [-0.05, 0) is 36.8 Å².